The Labute approximate surface area is 170 Å². The molecule has 0 aliphatic carbocycles. The summed E-state index contributed by atoms with van der Waals surface area (Å²) < 4.78 is 0. The van der Waals surface area contributed by atoms with Crippen molar-refractivity contribution in [3.63, 3.8) is 0 Å². The summed E-state index contributed by atoms with van der Waals surface area (Å²) in [6, 6.07) is 24.6. The number of halogens is 2. The summed E-state index contributed by atoms with van der Waals surface area (Å²) in [5, 5.41) is 1.46. The second-order valence-corrected chi connectivity index (χ2v) is 7.74. The Kier molecular flexibility index (Phi) is 4.94. The Balaban J connectivity index is 1.80. The van der Waals surface area contributed by atoms with Crippen LogP contribution in [0.15, 0.2) is 77.8 Å². The molecule has 0 fully saturated rings. The number of anilines is 1. The predicted octanol–water partition coefficient (Wildman–Crippen LogP) is 6.70. The van der Waals surface area contributed by atoms with Crippen molar-refractivity contribution < 1.29 is 0 Å². The van der Waals surface area contributed by atoms with E-state index >= 15 is 0 Å². The van der Waals surface area contributed by atoms with E-state index in [4.69, 9.17) is 28.2 Å². The lowest BCUT2D eigenvalue weighted by atomic mass is 10.0. The van der Waals surface area contributed by atoms with Gasteiger partial charge in [-0.05, 0) is 61.4 Å². The number of hydrogen-bond acceptors (Lipinski definition) is 2. The fraction of sp³-hybridized carbons (Fsp3) is 0.174. The zero-order chi connectivity index (χ0) is 19.0. The molecule has 2 atom stereocenters. The molecular weight excluding hydrogens is 375 g/mol. The number of benzene rings is 3. The fourth-order valence-corrected chi connectivity index (χ4v) is 3.79. The Morgan fingerprint density at radius 3 is 1.93 bits per heavy atom. The lowest BCUT2D eigenvalue weighted by Crippen LogP contribution is -2.35. The standard InChI is InChI=1S/C23H20Cl2N2/c1-15-3-5-17(6-4-15)22-16(2)27(21-13-11-20(25)12-14-21)23(26-22)18-7-9-19(24)10-8-18/h3-14,16,23H,1-2H3. The van der Waals surface area contributed by atoms with Crippen LogP contribution in [0, 0.1) is 6.92 Å². The zero-order valence-electron chi connectivity index (χ0n) is 15.2. The van der Waals surface area contributed by atoms with Crippen LogP contribution in [0.4, 0.5) is 5.69 Å². The Morgan fingerprint density at radius 2 is 1.33 bits per heavy atom. The van der Waals surface area contributed by atoms with E-state index < -0.39 is 0 Å². The first-order chi connectivity index (χ1) is 13.0. The average molecular weight is 395 g/mol. The summed E-state index contributed by atoms with van der Waals surface area (Å²) in [7, 11) is 0. The molecule has 3 aromatic carbocycles. The predicted molar refractivity (Wildman–Crippen MR) is 115 cm³/mol. The van der Waals surface area contributed by atoms with Gasteiger partial charge in [-0.3, -0.25) is 4.99 Å². The van der Waals surface area contributed by atoms with Gasteiger partial charge < -0.3 is 4.90 Å². The van der Waals surface area contributed by atoms with Crippen molar-refractivity contribution in [1.29, 1.82) is 0 Å². The minimum absolute atomic E-state index is 0.102. The Morgan fingerprint density at radius 1 is 0.778 bits per heavy atom. The van der Waals surface area contributed by atoms with Crippen LogP contribution in [-0.2, 0) is 0 Å². The second kappa shape index (κ2) is 7.38. The molecule has 0 spiro atoms. The van der Waals surface area contributed by atoms with Crippen LogP contribution < -0.4 is 4.90 Å². The van der Waals surface area contributed by atoms with Gasteiger partial charge in [0.05, 0.1) is 11.8 Å². The van der Waals surface area contributed by atoms with Crippen LogP contribution in [0.3, 0.4) is 0 Å². The molecule has 4 rings (SSSR count). The highest BCUT2D eigenvalue weighted by Crippen LogP contribution is 2.38. The van der Waals surface area contributed by atoms with Gasteiger partial charge >= 0.3 is 0 Å². The number of aryl methyl sites for hydroxylation is 1. The molecule has 27 heavy (non-hydrogen) atoms. The fourth-order valence-electron chi connectivity index (χ4n) is 3.53. The quantitative estimate of drug-likeness (QED) is 0.482. The van der Waals surface area contributed by atoms with Gasteiger partial charge in [-0.25, -0.2) is 0 Å². The van der Waals surface area contributed by atoms with Crippen molar-refractivity contribution >= 4 is 34.6 Å². The Hall–Kier alpha value is -2.29. The number of nitrogens with zero attached hydrogens (tertiary/aromatic N) is 2. The molecule has 0 amide bonds. The van der Waals surface area contributed by atoms with Gasteiger partial charge in [0.2, 0.25) is 0 Å². The average Bonchev–Trinajstić information content (AvgIpc) is 3.01. The van der Waals surface area contributed by atoms with Gasteiger partial charge in [0.1, 0.15) is 6.17 Å². The van der Waals surface area contributed by atoms with Gasteiger partial charge in [-0.1, -0.05) is 65.2 Å². The number of aliphatic imine (C=N–C) groups is 1. The summed E-state index contributed by atoms with van der Waals surface area (Å²) in [4.78, 5) is 7.44. The smallest absolute Gasteiger partial charge is 0.148 e. The van der Waals surface area contributed by atoms with Gasteiger partial charge in [0.25, 0.3) is 0 Å². The van der Waals surface area contributed by atoms with Gasteiger partial charge in [0, 0.05) is 15.7 Å². The van der Waals surface area contributed by atoms with Crippen LogP contribution in [-0.4, -0.2) is 11.8 Å². The Bertz CT molecular complexity index is 961. The van der Waals surface area contributed by atoms with E-state index in [9.17, 15) is 0 Å². The van der Waals surface area contributed by atoms with Crippen molar-refractivity contribution in [3.8, 4) is 0 Å². The molecule has 0 saturated heterocycles. The minimum Gasteiger partial charge on any atom is -0.337 e. The molecule has 0 saturated carbocycles. The molecule has 0 aromatic heterocycles. The highest BCUT2D eigenvalue weighted by Gasteiger charge is 2.35. The number of hydrogen-bond donors (Lipinski definition) is 0. The molecule has 0 N–H and O–H groups in total. The topological polar surface area (TPSA) is 15.6 Å². The summed E-state index contributed by atoms with van der Waals surface area (Å²) >= 11 is 12.2. The van der Waals surface area contributed by atoms with Crippen molar-refractivity contribution in [2.45, 2.75) is 26.1 Å². The molecule has 0 radical (unpaired) electrons. The molecule has 1 heterocycles. The summed E-state index contributed by atoms with van der Waals surface area (Å²) in [5.74, 6) is 0. The van der Waals surface area contributed by atoms with E-state index in [1.54, 1.807) is 0 Å². The van der Waals surface area contributed by atoms with Crippen molar-refractivity contribution in [3.05, 3.63) is 99.5 Å². The first-order valence-corrected chi connectivity index (χ1v) is 9.72. The van der Waals surface area contributed by atoms with Crippen LogP contribution >= 0.6 is 23.2 Å². The molecule has 2 nitrogen and oxygen atoms in total. The third-order valence-electron chi connectivity index (χ3n) is 4.98. The minimum atomic E-state index is -0.102. The SMILES string of the molecule is Cc1ccc(C2=NC(c3ccc(Cl)cc3)N(c3ccc(Cl)cc3)C2C)cc1. The molecule has 1 aliphatic rings. The molecule has 2 unspecified atom stereocenters. The second-order valence-electron chi connectivity index (χ2n) is 6.87. The lowest BCUT2D eigenvalue weighted by Gasteiger charge is -2.30. The maximum atomic E-state index is 6.10. The highest BCUT2D eigenvalue weighted by molar-refractivity contribution is 6.30. The maximum Gasteiger partial charge on any atom is 0.148 e. The van der Waals surface area contributed by atoms with Gasteiger partial charge in [-0.2, -0.15) is 0 Å². The summed E-state index contributed by atoms with van der Waals surface area (Å²) in [5.41, 5.74) is 5.70. The highest BCUT2D eigenvalue weighted by atomic mass is 35.5. The van der Waals surface area contributed by atoms with E-state index in [1.807, 2.05) is 36.4 Å². The van der Waals surface area contributed by atoms with Crippen LogP contribution in [0.5, 0.6) is 0 Å². The third-order valence-corrected chi connectivity index (χ3v) is 5.48. The van der Waals surface area contributed by atoms with E-state index in [0.29, 0.717) is 0 Å². The van der Waals surface area contributed by atoms with Crippen molar-refractivity contribution in [1.82, 2.24) is 0 Å². The van der Waals surface area contributed by atoms with E-state index in [1.165, 1.54) is 5.56 Å². The molecule has 0 bridgehead atoms. The first-order valence-electron chi connectivity index (χ1n) is 8.97. The summed E-state index contributed by atoms with van der Waals surface area (Å²) in [6.45, 7) is 4.30. The molecule has 136 valence electrons. The molecular formula is C23H20Cl2N2. The van der Waals surface area contributed by atoms with Crippen molar-refractivity contribution in [2.75, 3.05) is 4.90 Å². The zero-order valence-corrected chi connectivity index (χ0v) is 16.7. The van der Waals surface area contributed by atoms with E-state index in [0.717, 1.165) is 32.6 Å². The summed E-state index contributed by atoms with van der Waals surface area (Å²) in [6.07, 6.45) is -0.102. The monoisotopic (exact) mass is 394 g/mol. The van der Waals surface area contributed by atoms with Crippen LogP contribution in [0.1, 0.15) is 29.8 Å². The van der Waals surface area contributed by atoms with E-state index in [-0.39, 0.29) is 12.2 Å². The van der Waals surface area contributed by atoms with Gasteiger partial charge in [0.15, 0.2) is 0 Å². The molecule has 3 aromatic rings. The lowest BCUT2D eigenvalue weighted by molar-refractivity contribution is 0.675. The maximum absolute atomic E-state index is 6.10. The van der Waals surface area contributed by atoms with Crippen LogP contribution in [0.25, 0.3) is 0 Å². The normalized spacial score (nSPS) is 19.3. The number of rotatable bonds is 3. The van der Waals surface area contributed by atoms with Crippen molar-refractivity contribution in [2.24, 2.45) is 4.99 Å². The first kappa shape index (κ1) is 18.1. The molecule has 1 aliphatic heterocycles. The largest absolute Gasteiger partial charge is 0.337 e. The third kappa shape index (κ3) is 3.60. The van der Waals surface area contributed by atoms with Gasteiger partial charge in [-0.15, -0.1) is 0 Å². The molecule has 4 heteroatoms. The van der Waals surface area contributed by atoms with Crippen LogP contribution in [0.2, 0.25) is 10.0 Å². The van der Waals surface area contributed by atoms with E-state index in [2.05, 4.69) is 55.1 Å².